The van der Waals surface area contributed by atoms with Crippen LogP contribution in [0.25, 0.3) is 0 Å². The summed E-state index contributed by atoms with van der Waals surface area (Å²) in [5.41, 5.74) is 0.589. The van der Waals surface area contributed by atoms with Gasteiger partial charge in [-0.25, -0.2) is 0 Å². The number of carbonyl (C=O) groups excluding carboxylic acids is 1. The Hall–Kier alpha value is -0.580. The zero-order chi connectivity index (χ0) is 12.3. The van der Waals surface area contributed by atoms with Crippen molar-refractivity contribution >= 4 is 33.5 Å². The first kappa shape index (κ1) is 13.5. The lowest BCUT2D eigenvalue weighted by atomic mass is 9.98. The Morgan fingerprint density at radius 3 is 2.69 bits per heavy atom. The minimum atomic E-state index is -0.918. The van der Waals surface area contributed by atoms with Crippen LogP contribution in [0.3, 0.4) is 0 Å². The summed E-state index contributed by atoms with van der Waals surface area (Å²) in [5, 5.41) is 10.4. The van der Waals surface area contributed by atoms with Gasteiger partial charge in [0.05, 0.1) is 24.2 Å². The van der Waals surface area contributed by atoms with Crippen LogP contribution in [0, 0.1) is 5.92 Å². The highest BCUT2D eigenvalue weighted by atomic mass is 79.9. The van der Waals surface area contributed by atoms with Gasteiger partial charge in [-0.3, -0.25) is 4.79 Å². The fourth-order valence-electron chi connectivity index (χ4n) is 1.30. The number of esters is 1. The molecular formula is C11H12BrClO3. The zero-order valence-corrected chi connectivity index (χ0v) is 11.2. The van der Waals surface area contributed by atoms with E-state index >= 15 is 0 Å². The molecule has 0 bridgehead atoms. The predicted octanol–water partition coefficient (Wildman–Crippen LogP) is 2.95. The average Bonchev–Trinajstić information content (AvgIpc) is 2.29. The molecule has 0 spiro atoms. The van der Waals surface area contributed by atoms with E-state index in [1.165, 1.54) is 7.11 Å². The Balaban J connectivity index is 2.91. The maximum Gasteiger partial charge on any atom is 0.311 e. The van der Waals surface area contributed by atoms with Gasteiger partial charge in [0.1, 0.15) is 0 Å². The first-order valence-electron chi connectivity index (χ1n) is 4.68. The van der Waals surface area contributed by atoms with E-state index in [9.17, 15) is 9.90 Å². The van der Waals surface area contributed by atoms with Gasteiger partial charge in [0.2, 0.25) is 0 Å². The van der Waals surface area contributed by atoms with E-state index in [0.29, 0.717) is 10.6 Å². The first-order chi connectivity index (χ1) is 7.47. The molecule has 1 N–H and O–H groups in total. The molecule has 0 heterocycles. The largest absolute Gasteiger partial charge is 0.469 e. The number of halogens is 2. The van der Waals surface area contributed by atoms with Crippen molar-refractivity contribution in [2.24, 2.45) is 5.92 Å². The molecule has 88 valence electrons. The Morgan fingerprint density at radius 2 is 2.19 bits per heavy atom. The second-order valence-electron chi connectivity index (χ2n) is 3.43. The highest BCUT2D eigenvalue weighted by Gasteiger charge is 2.24. The third kappa shape index (κ3) is 2.97. The maximum absolute atomic E-state index is 11.3. The third-order valence-corrected chi connectivity index (χ3v) is 3.56. The smallest absolute Gasteiger partial charge is 0.311 e. The van der Waals surface area contributed by atoms with Gasteiger partial charge in [0, 0.05) is 4.47 Å². The molecule has 5 heteroatoms. The fraction of sp³-hybridized carbons (Fsp3) is 0.364. The van der Waals surface area contributed by atoms with E-state index in [1.807, 2.05) is 0 Å². The van der Waals surface area contributed by atoms with Gasteiger partial charge in [-0.1, -0.05) is 17.7 Å². The number of aliphatic hydroxyl groups excluding tert-OH is 1. The van der Waals surface area contributed by atoms with E-state index in [0.717, 1.165) is 4.47 Å². The molecule has 0 aliphatic carbocycles. The monoisotopic (exact) mass is 306 g/mol. The molecule has 0 saturated carbocycles. The topological polar surface area (TPSA) is 46.5 Å². The van der Waals surface area contributed by atoms with Crippen molar-refractivity contribution < 1.29 is 14.6 Å². The van der Waals surface area contributed by atoms with E-state index in [2.05, 4.69) is 20.7 Å². The van der Waals surface area contributed by atoms with Crippen LogP contribution in [0.5, 0.6) is 0 Å². The summed E-state index contributed by atoms with van der Waals surface area (Å²) in [4.78, 5) is 11.3. The minimum absolute atomic E-state index is 0.452. The summed E-state index contributed by atoms with van der Waals surface area (Å²) >= 11 is 9.15. The number of ether oxygens (including phenoxy) is 1. The molecule has 1 rings (SSSR count). The van der Waals surface area contributed by atoms with Gasteiger partial charge in [-0.05, 0) is 40.5 Å². The molecule has 1 aromatic carbocycles. The fourth-order valence-corrected chi connectivity index (χ4v) is 1.74. The van der Waals surface area contributed by atoms with Crippen LogP contribution in [-0.4, -0.2) is 18.2 Å². The van der Waals surface area contributed by atoms with Crippen LogP contribution >= 0.6 is 27.5 Å². The van der Waals surface area contributed by atoms with Gasteiger partial charge >= 0.3 is 5.97 Å². The van der Waals surface area contributed by atoms with E-state index in [4.69, 9.17) is 11.6 Å². The Bertz CT molecular complexity index is 395. The van der Waals surface area contributed by atoms with Gasteiger partial charge < -0.3 is 9.84 Å². The normalized spacial score (nSPS) is 14.3. The summed E-state index contributed by atoms with van der Waals surface area (Å²) in [7, 11) is 1.29. The molecule has 0 fully saturated rings. The molecule has 0 aliphatic heterocycles. The van der Waals surface area contributed by atoms with Crippen molar-refractivity contribution in [1.82, 2.24) is 0 Å². The van der Waals surface area contributed by atoms with Crippen LogP contribution < -0.4 is 0 Å². The number of aliphatic hydroxyl groups is 1. The molecule has 2 unspecified atom stereocenters. The SMILES string of the molecule is COC(=O)C(C)C(O)c1ccc(Br)c(Cl)c1. The molecule has 0 radical (unpaired) electrons. The van der Waals surface area contributed by atoms with Crippen molar-refractivity contribution in [2.75, 3.05) is 7.11 Å². The quantitative estimate of drug-likeness (QED) is 0.873. The second kappa shape index (κ2) is 5.66. The average molecular weight is 308 g/mol. The van der Waals surface area contributed by atoms with E-state index in [-0.39, 0.29) is 0 Å². The van der Waals surface area contributed by atoms with Crippen molar-refractivity contribution in [3.8, 4) is 0 Å². The van der Waals surface area contributed by atoms with E-state index < -0.39 is 18.0 Å². The van der Waals surface area contributed by atoms with Crippen LogP contribution in [0.1, 0.15) is 18.6 Å². The van der Waals surface area contributed by atoms with Gasteiger partial charge in [-0.15, -0.1) is 0 Å². The predicted molar refractivity (Wildman–Crippen MR) is 65.3 cm³/mol. The molecule has 0 aliphatic rings. The lowest BCUT2D eigenvalue weighted by Gasteiger charge is -2.17. The minimum Gasteiger partial charge on any atom is -0.469 e. The highest BCUT2D eigenvalue weighted by molar-refractivity contribution is 9.10. The molecule has 1 aromatic rings. The van der Waals surface area contributed by atoms with Crippen molar-refractivity contribution in [1.29, 1.82) is 0 Å². The number of carbonyl (C=O) groups is 1. The Morgan fingerprint density at radius 1 is 1.56 bits per heavy atom. The molecular weight excluding hydrogens is 295 g/mol. The van der Waals surface area contributed by atoms with Crippen LogP contribution in [0.4, 0.5) is 0 Å². The molecule has 0 saturated heterocycles. The summed E-state index contributed by atoms with van der Waals surface area (Å²) in [6.45, 7) is 1.60. The standard InChI is InChI=1S/C11H12BrClO3/c1-6(11(15)16-2)10(14)7-3-4-8(12)9(13)5-7/h3-6,10,14H,1-2H3. The van der Waals surface area contributed by atoms with Crippen molar-refractivity contribution in [2.45, 2.75) is 13.0 Å². The highest BCUT2D eigenvalue weighted by Crippen LogP contribution is 2.29. The van der Waals surface area contributed by atoms with Gasteiger partial charge in [-0.2, -0.15) is 0 Å². The van der Waals surface area contributed by atoms with Crippen LogP contribution in [-0.2, 0) is 9.53 Å². The van der Waals surface area contributed by atoms with Crippen LogP contribution in [0.15, 0.2) is 22.7 Å². The Labute approximate surface area is 107 Å². The summed E-state index contributed by atoms with van der Waals surface area (Å²) in [6, 6.07) is 5.06. The maximum atomic E-state index is 11.3. The number of hydrogen-bond acceptors (Lipinski definition) is 3. The lowest BCUT2D eigenvalue weighted by molar-refractivity contribution is -0.148. The third-order valence-electron chi connectivity index (χ3n) is 2.33. The molecule has 2 atom stereocenters. The molecule has 16 heavy (non-hydrogen) atoms. The number of hydrogen-bond donors (Lipinski definition) is 1. The van der Waals surface area contributed by atoms with Crippen molar-refractivity contribution in [3.05, 3.63) is 33.3 Å². The van der Waals surface area contributed by atoms with Crippen molar-refractivity contribution in [3.63, 3.8) is 0 Å². The van der Waals surface area contributed by atoms with Gasteiger partial charge in [0.15, 0.2) is 0 Å². The summed E-state index contributed by atoms with van der Waals surface area (Å²) in [5.74, 6) is -1.08. The van der Waals surface area contributed by atoms with Gasteiger partial charge in [0.25, 0.3) is 0 Å². The Kier molecular flexibility index (Phi) is 4.77. The first-order valence-corrected chi connectivity index (χ1v) is 5.85. The second-order valence-corrected chi connectivity index (χ2v) is 4.69. The van der Waals surface area contributed by atoms with E-state index in [1.54, 1.807) is 25.1 Å². The number of benzene rings is 1. The number of methoxy groups -OCH3 is 1. The molecule has 0 amide bonds. The van der Waals surface area contributed by atoms with Crippen LogP contribution in [0.2, 0.25) is 5.02 Å². The summed E-state index contributed by atoms with van der Waals surface area (Å²) < 4.78 is 5.31. The molecule has 3 nitrogen and oxygen atoms in total. The number of rotatable bonds is 3. The zero-order valence-electron chi connectivity index (χ0n) is 8.91. The lowest BCUT2D eigenvalue weighted by Crippen LogP contribution is -2.20. The molecule has 0 aromatic heterocycles. The summed E-state index contributed by atoms with van der Waals surface area (Å²) in [6.07, 6.45) is -0.918.